The number of benzene rings is 1. The summed E-state index contributed by atoms with van der Waals surface area (Å²) in [6.45, 7) is 4.47. The SMILES string of the molecule is O=C(C1CCC(Cn2c(=O)[nH]c3ccccc3c2=O)CC1)N1CCN(C(=O)N2CCCC2)CC1. The van der Waals surface area contributed by atoms with Gasteiger partial charge in [0.15, 0.2) is 0 Å². The summed E-state index contributed by atoms with van der Waals surface area (Å²) in [6, 6.07) is 7.18. The van der Waals surface area contributed by atoms with E-state index in [1.54, 1.807) is 24.3 Å². The summed E-state index contributed by atoms with van der Waals surface area (Å²) >= 11 is 0. The summed E-state index contributed by atoms with van der Waals surface area (Å²) < 4.78 is 1.31. The van der Waals surface area contributed by atoms with Crippen molar-refractivity contribution < 1.29 is 9.59 Å². The minimum atomic E-state index is -0.372. The Hall–Kier alpha value is -3.10. The lowest BCUT2D eigenvalue weighted by Crippen LogP contribution is -2.54. The Labute approximate surface area is 198 Å². The van der Waals surface area contributed by atoms with Crippen molar-refractivity contribution in [1.29, 1.82) is 0 Å². The Balaban J connectivity index is 1.14. The van der Waals surface area contributed by atoms with Crippen molar-refractivity contribution in [3.63, 3.8) is 0 Å². The molecular weight excluding hydrogens is 434 g/mol. The second-order valence-corrected chi connectivity index (χ2v) is 9.90. The minimum Gasteiger partial charge on any atom is -0.339 e. The third-order valence-electron chi connectivity index (χ3n) is 7.76. The Kier molecular flexibility index (Phi) is 6.43. The van der Waals surface area contributed by atoms with Crippen LogP contribution in [0.2, 0.25) is 0 Å². The maximum atomic E-state index is 13.1. The molecule has 9 heteroatoms. The molecule has 3 fully saturated rings. The van der Waals surface area contributed by atoms with Gasteiger partial charge in [-0.3, -0.25) is 14.2 Å². The molecule has 2 aliphatic heterocycles. The van der Waals surface area contributed by atoms with Crippen LogP contribution in [0.1, 0.15) is 38.5 Å². The normalized spacial score (nSPS) is 23.5. The van der Waals surface area contributed by atoms with Crippen LogP contribution >= 0.6 is 0 Å². The number of piperazine rings is 1. The second-order valence-electron chi connectivity index (χ2n) is 9.90. The summed E-state index contributed by atoms with van der Waals surface area (Å²) in [7, 11) is 0. The monoisotopic (exact) mass is 467 g/mol. The number of H-pyrrole nitrogens is 1. The molecule has 0 radical (unpaired) electrons. The van der Waals surface area contributed by atoms with Gasteiger partial charge in [-0.15, -0.1) is 0 Å². The van der Waals surface area contributed by atoms with Gasteiger partial charge in [0.25, 0.3) is 5.56 Å². The highest BCUT2D eigenvalue weighted by molar-refractivity contribution is 5.80. The molecule has 3 amide bonds. The minimum absolute atomic E-state index is 0.0105. The summed E-state index contributed by atoms with van der Waals surface area (Å²) in [4.78, 5) is 59.5. The number of likely N-dealkylation sites (tertiary alicyclic amines) is 1. The van der Waals surface area contributed by atoms with E-state index in [9.17, 15) is 19.2 Å². The molecule has 2 saturated heterocycles. The molecule has 1 aromatic carbocycles. The van der Waals surface area contributed by atoms with E-state index in [1.807, 2.05) is 14.7 Å². The Morgan fingerprint density at radius 1 is 0.824 bits per heavy atom. The molecule has 1 saturated carbocycles. The van der Waals surface area contributed by atoms with Crippen molar-refractivity contribution in [3.05, 3.63) is 45.1 Å². The van der Waals surface area contributed by atoms with Crippen molar-refractivity contribution in [1.82, 2.24) is 24.3 Å². The zero-order chi connectivity index (χ0) is 23.7. The highest BCUT2D eigenvalue weighted by atomic mass is 16.2. The number of nitrogens with one attached hydrogen (secondary N) is 1. The molecule has 1 N–H and O–H groups in total. The highest BCUT2D eigenvalue weighted by Gasteiger charge is 2.33. The number of urea groups is 1. The van der Waals surface area contributed by atoms with Crippen LogP contribution in [-0.4, -0.2) is 75.5 Å². The number of carbonyl (C=O) groups is 2. The number of hydrogen-bond acceptors (Lipinski definition) is 4. The number of carbonyl (C=O) groups excluding carboxylic acids is 2. The van der Waals surface area contributed by atoms with E-state index in [4.69, 9.17) is 0 Å². The van der Waals surface area contributed by atoms with Gasteiger partial charge in [0.05, 0.1) is 10.9 Å². The summed E-state index contributed by atoms with van der Waals surface area (Å²) in [5, 5.41) is 0.522. The molecule has 3 heterocycles. The van der Waals surface area contributed by atoms with E-state index < -0.39 is 0 Å². The molecule has 1 aromatic heterocycles. The molecule has 0 spiro atoms. The Morgan fingerprint density at radius 3 is 2.15 bits per heavy atom. The van der Waals surface area contributed by atoms with Crippen LogP contribution in [0, 0.1) is 11.8 Å². The van der Waals surface area contributed by atoms with Gasteiger partial charge >= 0.3 is 11.7 Å². The number of fused-ring (bicyclic) bond motifs is 1. The molecular formula is C25H33N5O4. The standard InChI is InChI=1S/C25H33N5O4/c31-22(27-13-15-29(16-14-27)25(34)28-11-3-4-12-28)19-9-7-18(8-10-19)17-30-23(32)20-5-1-2-6-21(20)26-24(30)33/h1-2,5-6,18-19H,3-4,7-17H2,(H,26,33). The number of aromatic nitrogens is 2. The van der Waals surface area contributed by atoms with Gasteiger partial charge in [-0.25, -0.2) is 9.59 Å². The largest absolute Gasteiger partial charge is 0.339 e. The van der Waals surface area contributed by atoms with Crippen LogP contribution in [0.25, 0.3) is 10.9 Å². The van der Waals surface area contributed by atoms with Crippen molar-refractivity contribution in [3.8, 4) is 0 Å². The zero-order valence-corrected chi connectivity index (χ0v) is 19.6. The zero-order valence-electron chi connectivity index (χ0n) is 19.6. The third-order valence-corrected chi connectivity index (χ3v) is 7.76. The highest BCUT2D eigenvalue weighted by Crippen LogP contribution is 2.31. The Bertz CT molecular complexity index is 1170. The average Bonchev–Trinajstić information content (AvgIpc) is 3.41. The molecule has 3 aliphatic rings. The first-order chi connectivity index (χ1) is 16.5. The molecule has 5 rings (SSSR count). The fraction of sp³-hybridized carbons (Fsp3) is 0.600. The van der Waals surface area contributed by atoms with E-state index in [0.29, 0.717) is 43.6 Å². The number of hydrogen-bond donors (Lipinski definition) is 1. The van der Waals surface area contributed by atoms with Crippen molar-refractivity contribution in [2.75, 3.05) is 39.3 Å². The van der Waals surface area contributed by atoms with Gasteiger partial charge in [0.1, 0.15) is 0 Å². The van der Waals surface area contributed by atoms with Crippen LogP contribution in [0.3, 0.4) is 0 Å². The first-order valence-electron chi connectivity index (χ1n) is 12.6. The predicted molar refractivity (Wildman–Crippen MR) is 129 cm³/mol. The number of amides is 3. The third kappa shape index (κ3) is 4.48. The van der Waals surface area contributed by atoms with Crippen LogP contribution in [0.15, 0.2) is 33.9 Å². The molecule has 34 heavy (non-hydrogen) atoms. The van der Waals surface area contributed by atoms with Gasteiger partial charge < -0.3 is 19.7 Å². The van der Waals surface area contributed by atoms with Crippen molar-refractivity contribution in [2.24, 2.45) is 11.8 Å². The number of rotatable bonds is 3. The van der Waals surface area contributed by atoms with Crippen LogP contribution in [-0.2, 0) is 11.3 Å². The number of nitrogens with zero attached hydrogens (tertiary/aromatic N) is 4. The smallest absolute Gasteiger partial charge is 0.328 e. The maximum Gasteiger partial charge on any atom is 0.328 e. The van der Waals surface area contributed by atoms with Gasteiger partial charge in [0, 0.05) is 51.7 Å². The first-order valence-corrected chi connectivity index (χ1v) is 12.6. The van der Waals surface area contributed by atoms with Crippen molar-refractivity contribution in [2.45, 2.75) is 45.1 Å². The van der Waals surface area contributed by atoms with Crippen LogP contribution < -0.4 is 11.2 Å². The average molecular weight is 468 g/mol. The molecule has 0 atom stereocenters. The van der Waals surface area contributed by atoms with E-state index >= 15 is 0 Å². The van der Waals surface area contributed by atoms with E-state index in [1.165, 1.54) is 4.57 Å². The molecule has 9 nitrogen and oxygen atoms in total. The number of para-hydroxylation sites is 1. The molecule has 1 aliphatic carbocycles. The summed E-state index contributed by atoms with van der Waals surface area (Å²) in [6.07, 6.45) is 5.35. The maximum absolute atomic E-state index is 13.1. The quantitative estimate of drug-likeness (QED) is 0.745. The van der Waals surface area contributed by atoms with Gasteiger partial charge in [-0.1, -0.05) is 12.1 Å². The predicted octanol–water partition coefficient (Wildman–Crippen LogP) is 1.86. The summed E-state index contributed by atoms with van der Waals surface area (Å²) in [5.41, 5.74) is -0.0626. The van der Waals surface area contributed by atoms with E-state index in [-0.39, 0.29) is 35.0 Å². The van der Waals surface area contributed by atoms with Gasteiger partial charge in [0.2, 0.25) is 5.91 Å². The fourth-order valence-electron chi connectivity index (χ4n) is 5.70. The molecule has 0 unspecified atom stereocenters. The van der Waals surface area contributed by atoms with E-state index in [2.05, 4.69) is 4.98 Å². The van der Waals surface area contributed by atoms with Crippen molar-refractivity contribution >= 4 is 22.8 Å². The molecule has 182 valence electrons. The first kappa shape index (κ1) is 22.7. The fourth-order valence-corrected chi connectivity index (χ4v) is 5.70. The topological polar surface area (TPSA) is 98.7 Å². The van der Waals surface area contributed by atoms with Gasteiger partial charge in [-0.05, 0) is 56.6 Å². The lowest BCUT2D eigenvalue weighted by atomic mass is 9.81. The lowest BCUT2D eigenvalue weighted by Gasteiger charge is -2.39. The summed E-state index contributed by atoms with van der Waals surface area (Å²) in [5.74, 6) is 0.384. The van der Waals surface area contributed by atoms with Crippen LogP contribution in [0.4, 0.5) is 4.79 Å². The Morgan fingerprint density at radius 2 is 1.44 bits per heavy atom. The van der Waals surface area contributed by atoms with Gasteiger partial charge in [-0.2, -0.15) is 0 Å². The lowest BCUT2D eigenvalue weighted by molar-refractivity contribution is -0.138. The van der Waals surface area contributed by atoms with Crippen LogP contribution in [0.5, 0.6) is 0 Å². The molecule has 0 bridgehead atoms. The van der Waals surface area contributed by atoms with E-state index in [0.717, 1.165) is 51.6 Å². The second kappa shape index (κ2) is 9.64. The molecule has 2 aromatic rings. The number of aromatic amines is 1.